The molecule has 5 heteroatoms. The van der Waals surface area contributed by atoms with Crippen LogP contribution in [0, 0.1) is 5.92 Å². The lowest BCUT2D eigenvalue weighted by Crippen LogP contribution is -2.39. The highest BCUT2D eigenvalue weighted by atomic mass is 16.4. The van der Waals surface area contributed by atoms with Gasteiger partial charge in [0.15, 0.2) is 0 Å². The molecule has 1 amide bonds. The lowest BCUT2D eigenvalue weighted by atomic mass is 10.3. The first kappa shape index (κ1) is 11.0. The van der Waals surface area contributed by atoms with Crippen LogP contribution in [0.4, 0.5) is 0 Å². The van der Waals surface area contributed by atoms with Crippen LogP contribution in [-0.4, -0.2) is 48.6 Å². The van der Waals surface area contributed by atoms with Crippen molar-refractivity contribution in [3.05, 3.63) is 0 Å². The molecule has 1 rings (SSSR count). The highest BCUT2D eigenvalue weighted by Crippen LogP contribution is 2.29. The van der Waals surface area contributed by atoms with Crippen molar-refractivity contribution in [3.63, 3.8) is 0 Å². The van der Waals surface area contributed by atoms with Gasteiger partial charge >= 0.3 is 5.97 Å². The number of carbonyl (C=O) groups excluding carboxylic acids is 1. The van der Waals surface area contributed by atoms with Gasteiger partial charge in [-0.25, -0.2) is 0 Å². The highest BCUT2D eigenvalue weighted by Gasteiger charge is 2.25. The molecule has 5 nitrogen and oxygen atoms in total. The molecule has 0 atom stereocenters. The van der Waals surface area contributed by atoms with Crippen LogP contribution in [0.25, 0.3) is 0 Å². The van der Waals surface area contributed by atoms with Gasteiger partial charge in [0, 0.05) is 13.6 Å². The van der Waals surface area contributed by atoms with Crippen molar-refractivity contribution in [1.29, 1.82) is 0 Å². The Morgan fingerprint density at radius 2 is 2.07 bits per heavy atom. The molecule has 1 aliphatic rings. The normalized spacial score (nSPS) is 15.6. The predicted molar refractivity (Wildman–Crippen MR) is 50.9 cm³/mol. The Kier molecular flexibility index (Phi) is 3.88. The van der Waals surface area contributed by atoms with Crippen molar-refractivity contribution in [2.24, 2.45) is 5.92 Å². The molecule has 1 saturated carbocycles. The molecule has 0 saturated heterocycles. The first-order chi connectivity index (χ1) is 6.61. The smallest absolute Gasteiger partial charge is 0.317 e. The van der Waals surface area contributed by atoms with E-state index in [4.69, 9.17) is 5.11 Å². The molecule has 0 heterocycles. The molecular formula is C9H16N2O3. The molecule has 0 unspecified atom stereocenters. The third kappa shape index (κ3) is 4.23. The number of nitrogens with zero attached hydrogens (tertiary/aromatic N) is 1. The van der Waals surface area contributed by atoms with Crippen molar-refractivity contribution < 1.29 is 14.7 Å². The van der Waals surface area contributed by atoms with Gasteiger partial charge in [-0.1, -0.05) is 0 Å². The van der Waals surface area contributed by atoms with E-state index in [-0.39, 0.29) is 19.0 Å². The van der Waals surface area contributed by atoms with E-state index in [2.05, 4.69) is 5.32 Å². The lowest BCUT2D eigenvalue weighted by Gasteiger charge is -2.18. The van der Waals surface area contributed by atoms with Crippen molar-refractivity contribution in [2.75, 3.05) is 26.7 Å². The fourth-order valence-electron chi connectivity index (χ4n) is 1.32. The summed E-state index contributed by atoms with van der Waals surface area (Å²) >= 11 is 0. The maximum atomic E-state index is 11.1. The average Bonchev–Trinajstić information content (AvgIpc) is 2.86. The SMILES string of the molecule is CNC(=O)CN(CC(=O)O)CC1CC1. The van der Waals surface area contributed by atoms with Crippen molar-refractivity contribution in [1.82, 2.24) is 10.2 Å². The first-order valence-electron chi connectivity index (χ1n) is 4.76. The fraction of sp³-hybridized carbons (Fsp3) is 0.778. The quantitative estimate of drug-likeness (QED) is 0.608. The van der Waals surface area contributed by atoms with Gasteiger partial charge in [-0.05, 0) is 18.8 Å². The van der Waals surface area contributed by atoms with Crippen molar-refractivity contribution in [2.45, 2.75) is 12.8 Å². The van der Waals surface area contributed by atoms with E-state index in [1.165, 1.54) is 0 Å². The van der Waals surface area contributed by atoms with Gasteiger partial charge < -0.3 is 10.4 Å². The average molecular weight is 200 g/mol. The fourth-order valence-corrected chi connectivity index (χ4v) is 1.32. The van der Waals surface area contributed by atoms with E-state index in [0.29, 0.717) is 5.92 Å². The van der Waals surface area contributed by atoms with Crippen LogP contribution >= 0.6 is 0 Å². The molecule has 0 aromatic heterocycles. The Labute approximate surface area is 83.1 Å². The third-order valence-corrected chi connectivity index (χ3v) is 2.22. The second-order valence-corrected chi connectivity index (χ2v) is 3.68. The molecule has 14 heavy (non-hydrogen) atoms. The summed E-state index contributed by atoms with van der Waals surface area (Å²) in [5.74, 6) is -0.416. The highest BCUT2D eigenvalue weighted by molar-refractivity contribution is 5.78. The molecule has 0 aromatic rings. The van der Waals surface area contributed by atoms with E-state index in [1.54, 1.807) is 11.9 Å². The number of carboxylic acids is 1. The summed E-state index contributed by atoms with van der Waals surface area (Å²) in [6.45, 7) is 0.850. The van der Waals surface area contributed by atoms with E-state index in [9.17, 15) is 9.59 Å². The van der Waals surface area contributed by atoms with Crippen molar-refractivity contribution >= 4 is 11.9 Å². The number of likely N-dealkylation sites (N-methyl/N-ethyl adjacent to an activating group) is 1. The Bertz CT molecular complexity index is 226. The molecule has 0 spiro atoms. The Morgan fingerprint density at radius 1 is 1.43 bits per heavy atom. The maximum Gasteiger partial charge on any atom is 0.317 e. The van der Waals surface area contributed by atoms with Crippen LogP contribution < -0.4 is 5.32 Å². The molecule has 1 fully saturated rings. The van der Waals surface area contributed by atoms with E-state index in [0.717, 1.165) is 19.4 Å². The topological polar surface area (TPSA) is 69.6 Å². The molecule has 2 N–H and O–H groups in total. The number of carboxylic acid groups (broad SMARTS) is 1. The number of rotatable bonds is 6. The van der Waals surface area contributed by atoms with E-state index >= 15 is 0 Å². The number of nitrogens with one attached hydrogen (secondary N) is 1. The minimum atomic E-state index is -0.880. The number of hydrogen-bond acceptors (Lipinski definition) is 3. The molecule has 0 aliphatic heterocycles. The Balaban J connectivity index is 2.33. The van der Waals surface area contributed by atoms with E-state index in [1.807, 2.05) is 0 Å². The second kappa shape index (κ2) is 4.95. The first-order valence-corrected chi connectivity index (χ1v) is 4.76. The monoisotopic (exact) mass is 200 g/mol. The molecular weight excluding hydrogens is 184 g/mol. The second-order valence-electron chi connectivity index (χ2n) is 3.68. The summed E-state index contributed by atoms with van der Waals surface area (Å²) in [5.41, 5.74) is 0. The van der Waals surface area contributed by atoms with Gasteiger partial charge in [-0.15, -0.1) is 0 Å². The number of amides is 1. The molecule has 0 aromatic carbocycles. The minimum Gasteiger partial charge on any atom is -0.480 e. The summed E-state index contributed by atoms with van der Waals surface area (Å²) in [6.07, 6.45) is 2.31. The zero-order valence-electron chi connectivity index (χ0n) is 8.32. The van der Waals surface area contributed by atoms with Crippen molar-refractivity contribution in [3.8, 4) is 0 Å². The molecule has 0 radical (unpaired) electrons. The van der Waals surface area contributed by atoms with Gasteiger partial charge in [0.25, 0.3) is 0 Å². The van der Waals surface area contributed by atoms with Crippen LogP contribution in [0.3, 0.4) is 0 Å². The van der Waals surface area contributed by atoms with Crippen LogP contribution in [0.1, 0.15) is 12.8 Å². The molecule has 0 bridgehead atoms. The summed E-state index contributed by atoms with van der Waals surface area (Å²) in [7, 11) is 1.55. The van der Waals surface area contributed by atoms with E-state index < -0.39 is 5.97 Å². The maximum absolute atomic E-state index is 11.1. The van der Waals surface area contributed by atoms with Gasteiger partial charge in [0.2, 0.25) is 5.91 Å². The summed E-state index contributed by atoms with van der Waals surface area (Å²) in [4.78, 5) is 23.2. The minimum absolute atomic E-state index is 0.0517. The predicted octanol–water partition coefficient (Wildman–Crippen LogP) is -0.471. The van der Waals surface area contributed by atoms with Gasteiger partial charge in [0.1, 0.15) is 0 Å². The zero-order chi connectivity index (χ0) is 10.6. The Hall–Kier alpha value is -1.10. The zero-order valence-corrected chi connectivity index (χ0v) is 8.32. The van der Waals surface area contributed by atoms with Gasteiger partial charge in [0.05, 0.1) is 13.1 Å². The molecule has 80 valence electrons. The third-order valence-electron chi connectivity index (χ3n) is 2.22. The van der Waals surface area contributed by atoms with Crippen LogP contribution in [0.2, 0.25) is 0 Å². The number of carbonyl (C=O) groups is 2. The van der Waals surface area contributed by atoms with Crippen LogP contribution in [0.15, 0.2) is 0 Å². The standard InChI is InChI=1S/C9H16N2O3/c1-10-8(12)5-11(6-9(13)14)4-7-2-3-7/h7H,2-6H2,1H3,(H,10,12)(H,13,14). The summed E-state index contributed by atoms with van der Waals surface area (Å²) in [5, 5.41) is 11.1. The Morgan fingerprint density at radius 3 is 2.50 bits per heavy atom. The van der Waals surface area contributed by atoms with Gasteiger partial charge in [-0.2, -0.15) is 0 Å². The largest absolute Gasteiger partial charge is 0.480 e. The van der Waals surface area contributed by atoms with Crippen LogP contribution in [0.5, 0.6) is 0 Å². The number of hydrogen-bond donors (Lipinski definition) is 2. The molecule has 1 aliphatic carbocycles. The lowest BCUT2D eigenvalue weighted by molar-refractivity contribution is -0.138. The number of aliphatic carboxylic acids is 1. The summed E-state index contributed by atoms with van der Waals surface area (Å²) < 4.78 is 0. The van der Waals surface area contributed by atoms with Gasteiger partial charge in [-0.3, -0.25) is 14.5 Å². The van der Waals surface area contributed by atoms with Crippen LogP contribution in [-0.2, 0) is 9.59 Å². The summed E-state index contributed by atoms with van der Waals surface area (Å²) in [6, 6.07) is 0.